The van der Waals surface area contributed by atoms with Gasteiger partial charge in [0.1, 0.15) is 0 Å². The molecule has 0 radical (unpaired) electrons. The molecule has 18 heavy (non-hydrogen) atoms. The molecule has 0 aromatic carbocycles. The lowest BCUT2D eigenvalue weighted by Gasteiger charge is -2.16. The van der Waals surface area contributed by atoms with Crippen LogP contribution in [0.1, 0.15) is 73.1 Å². The molecule has 110 valence electrons. The molecule has 0 saturated heterocycles. The minimum atomic E-state index is 0.600. The zero-order chi connectivity index (χ0) is 13.8. The van der Waals surface area contributed by atoms with Crippen molar-refractivity contribution in [1.29, 1.82) is 0 Å². The van der Waals surface area contributed by atoms with Gasteiger partial charge < -0.3 is 0 Å². The van der Waals surface area contributed by atoms with Crippen LogP contribution in [0, 0.1) is 17.8 Å². The number of unbranched alkanes of at least 4 members (excludes halogenated alkanes) is 1. The zero-order valence-corrected chi connectivity index (χ0v) is 13.2. The zero-order valence-electron chi connectivity index (χ0n) is 13.2. The molecule has 2 nitrogen and oxygen atoms in total. The van der Waals surface area contributed by atoms with E-state index in [0.717, 1.165) is 19.1 Å². The van der Waals surface area contributed by atoms with Gasteiger partial charge in [0.25, 0.3) is 0 Å². The van der Waals surface area contributed by atoms with Crippen LogP contribution in [0.5, 0.6) is 0 Å². The second-order valence-corrected chi connectivity index (χ2v) is 6.06. The fourth-order valence-corrected chi connectivity index (χ4v) is 1.91. The van der Waals surface area contributed by atoms with Crippen LogP contribution < -0.4 is 0 Å². The summed E-state index contributed by atoms with van der Waals surface area (Å²) >= 11 is 0. The average molecular weight is 258 g/mol. The lowest BCUT2D eigenvalue weighted by atomic mass is 10.0. The minimum absolute atomic E-state index is 0.600. The standard InChI is InChI=1S/C16H34O2/c1-6-8-9-16(7-2)13-18-17-12-15(5)11-10-14(3)4/h14-16H,6-13H2,1-5H3. The first-order valence-corrected chi connectivity index (χ1v) is 7.84. The maximum absolute atomic E-state index is 5.36. The van der Waals surface area contributed by atoms with E-state index in [1.807, 2.05) is 0 Å². The second kappa shape index (κ2) is 12.0. The van der Waals surface area contributed by atoms with Crippen molar-refractivity contribution in [3.63, 3.8) is 0 Å². The van der Waals surface area contributed by atoms with Crippen LogP contribution >= 0.6 is 0 Å². The molecule has 2 unspecified atom stereocenters. The van der Waals surface area contributed by atoms with E-state index in [2.05, 4.69) is 34.6 Å². The molecule has 0 aliphatic carbocycles. The Hall–Kier alpha value is -0.0800. The summed E-state index contributed by atoms with van der Waals surface area (Å²) in [4.78, 5) is 10.7. The summed E-state index contributed by atoms with van der Waals surface area (Å²) in [6, 6.07) is 0. The highest BCUT2D eigenvalue weighted by atomic mass is 17.2. The van der Waals surface area contributed by atoms with Gasteiger partial charge in [0, 0.05) is 0 Å². The van der Waals surface area contributed by atoms with Crippen LogP contribution in [0.25, 0.3) is 0 Å². The van der Waals surface area contributed by atoms with Gasteiger partial charge >= 0.3 is 0 Å². The van der Waals surface area contributed by atoms with E-state index in [-0.39, 0.29) is 0 Å². The van der Waals surface area contributed by atoms with Crippen molar-refractivity contribution >= 4 is 0 Å². The summed E-state index contributed by atoms with van der Waals surface area (Å²) in [6.45, 7) is 12.7. The molecule has 2 atom stereocenters. The van der Waals surface area contributed by atoms with Crippen LogP contribution in [0.3, 0.4) is 0 Å². The Bertz CT molecular complexity index is 168. The van der Waals surface area contributed by atoms with Crippen LogP contribution in [-0.4, -0.2) is 13.2 Å². The summed E-state index contributed by atoms with van der Waals surface area (Å²) in [5, 5.41) is 0. The van der Waals surface area contributed by atoms with Gasteiger partial charge in [-0.05, 0) is 30.6 Å². The van der Waals surface area contributed by atoms with Gasteiger partial charge in [-0.15, -0.1) is 0 Å². The van der Waals surface area contributed by atoms with Crippen LogP contribution in [0.15, 0.2) is 0 Å². The molecule has 0 spiro atoms. The highest BCUT2D eigenvalue weighted by molar-refractivity contribution is 4.55. The lowest BCUT2D eigenvalue weighted by molar-refractivity contribution is -0.307. The number of hydrogen-bond donors (Lipinski definition) is 0. The highest BCUT2D eigenvalue weighted by Gasteiger charge is 2.08. The van der Waals surface area contributed by atoms with Crippen molar-refractivity contribution in [3.8, 4) is 0 Å². The summed E-state index contributed by atoms with van der Waals surface area (Å²) in [5.41, 5.74) is 0. The highest BCUT2D eigenvalue weighted by Crippen LogP contribution is 2.14. The van der Waals surface area contributed by atoms with Gasteiger partial charge in [0.15, 0.2) is 0 Å². The Balaban J connectivity index is 3.46. The Labute approximate surface area is 114 Å². The van der Waals surface area contributed by atoms with Crippen molar-refractivity contribution in [2.75, 3.05) is 13.2 Å². The molecular weight excluding hydrogens is 224 g/mol. The summed E-state index contributed by atoms with van der Waals surface area (Å²) in [6.07, 6.45) is 7.52. The van der Waals surface area contributed by atoms with Gasteiger partial charge in [-0.3, -0.25) is 0 Å². The first kappa shape index (κ1) is 17.9. The van der Waals surface area contributed by atoms with E-state index in [4.69, 9.17) is 9.78 Å². The SMILES string of the molecule is CCCCC(CC)COOCC(C)CCC(C)C. The first-order valence-electron chi connectivity index (χ1n) is 7.84. The summed E-state index contributed by atoms with van der Waals surface area (Å²) in [7, 11) is 0. The largest absolute Gasteiger partial charge is 0.236 e. The molecule has 0 aliphatic rings. The van der Waals surface area contributed by atoms with E-state index in [9.17, 15) is 0 Å². The average Bonchev–Trinajstić information content (AvgIpc) is 2.35. The van der Waals surface area contributed by atoms with Crippen LogP contribution in [0.4, 0.5) is 0 Å². The van der Waals surface area contributed by atoms with Crippen molar-refractivity contribution in [2.24, 2.45) is 17.8 Å². The fourth-order valence-electron chi connectivity index (χ4n) is 1.91. The summed E-state index contributed by atoms with van der Waals surface area (Å²) in [5.74, 6) is 2.05. The van der Waals surface area contributed by atoms with Crippen LogP contribution in [0.2, 0.25) is 0 Å². The third kappa shape index (κ3) is 11.0. The monoisotopic (exact) mass is 258 g/mol. The fraction of sp³-hybridized carbons (Fsp3) is 1.00. The second-order valence-electron chi connectivity index (χ2n) is 6.06. The first-order chi connectivity index (χ1) is 8.60. The smallest absolute Gasteiger partial charge is 0.0850 e. The quantitative estimate of drug-likeness (QED) is 0.271. The predicted octanol–water partition coefficient (Wildman–Crippen LogP) is 5.22. The normalized spacial score (nSPS) is 15.0. The molecule has 0 fully saturated rings. The van der Waals surface area contributed by atoms with E-state index in [1.165, 1.54) is 38.5 Å². The third-order valence-corrected chi connectivity index (χ3v) is 3.52. The molecular formula is C16H34O2. The number of hydrogen-bond acceptors (Lipinski definition) is 2. The molecule has 2 heteroatoms. The van der Waals surface area contributed by atoms with Crippen molar-refractivity contribution in [3.05, 3.63) is 0 Å². The topological polar surface area (TPSA) is 18.5 Å². The molecule has 0 heterocycles. The van der Waals surface area contributed by atoms with Gasteiger partial charge in [-0.25, -0.2) is 9.78 Å². The maximum atomic E-state index is 5.36. The molecule has 0 amide bonds. The Morgan fingerprint density at radius 1 is 0.833 bits per heavy atom. The lowest BCUT2D eigenvalue weighted by Crippen LogP contribution is -2.13. The van der Waals surface area contributed by atoms with E-state index in [1.54, 1.807) is 0 Å². The van der Waals surface area contributed by atoms with Gasteiger partial charge in [0.05, 0.1) is 13.2 Å². The maximum Gasteiger partial charge on any atom is 0.0850 e. The van der Waals surface area contributed by atoms with E-state index < -0.39 is 0 Å². The van der Waals surface area contributed by atoms with E-state index >= 15 is 0 Å². The van der Waals surface area contributed by atoms with E-state index in [0.29, 0.717) is 11.8 Å². The molecule has 0 aromatic heterocycles. The number of rotatable bonds is 12. The molecule has 0 aromatic rings. The minimum Gasteiger partial charge on any atom is -0.236 e. The van der Waals surface area contributed by atoms with Gasteiger partial charge in [0.2, 0.25) is 0 Å². The summed E-state index contributed by atoms with van der Waals surface area (Å²) < 4.78 is 0. The molecule has 0 N–H and O–H groups in total. The van der Waals surface area contributed by atoms with Gasteiger partial charge in [-0.1, -0.05) is 60.3 Å². The molecule has 0 aliphatic heterocycles. The third-order valence-electron chi connectivity index (χ3n) is 3.52. The van der Waals surface area contributed by atoms with Crippen molar-refractivity contribution < 1.29 is 9.78 Å². The predicted molar refractivity (Wildman–Crippen MR) is 78.4 cm³/mol. The Kier molecular flexibility index (Phi) is 11.9. The molecule has 0 saturated carbocycles. The van der Waals surface area contributed by atoms with Crippen LogP contribution in [-0.2, 0) is 9.78 Å². The van der Waals surface area contributed by atoms with Crippen molar-refractivity contribution in [1.82, 2.24) is 0 Å². The van der Waals surface area contributed by atoms with Gasteiger partial charge in [-0.2, -0.15) is 0 Å². The molecule has 0 bridgehead atoms. The Morgan fingerprint density at radius 3 is 2.06 bits per heavy atom. The van der Waals surface area contributed by atoms with Crippen molar-refractivity contribution in [2.45, 2.75) is 73.1 Å². The Morgan fingerprint density at radius 2 is 1.50 bits per heavy atom. The molecule has 0 rings (SSSR count).